The summed E-state index contributed by atoms with van der Waals surface area (Å²) in [6, 6.07) is 0. The second kappa shape index (κ2) is 1.42. The molecule has 0 saturated heterocycles. The third kappa shape index (κ3) is 254. The predicted octanol–water partition coefficient (Wildman–Crippen LogP) is 1.11. The topological polar surface area (TPSA) is 17.1 Å². The van der Waals surface area contributed by atoms with Gasteiger partial charge in [-0.25, -0.2) is 0 Å². The van der Waals surface area contributed by atoms with Crippen LogP contribution in [-0.4, -0.2) is 6.66 Å². The lowest BCUT2D eigenvalue weighted by molar-refractivity contribution is 0.596. The Bertz CT molecular complexity index is 29.0. The van der Waals surface area contributed by atoms with E-state index in [0.29, 0.717) is 0 Å². The molecule has 1 nitrogen and oxygen atoms in total. The van der Waals surface area contributed by atoms with Crippen LogP contribution in [0.25, 0.3) is 0 Å². The zero-order valence-corrected chi connectivity index (χ0v) is 3.33. The molecular formula is C2H4OP+. The lowest BCUT2D eigenvalue weighted by Gasteiger charge is -1.34. The van der Waals surface area contributed by atoms with Gasteiger partial charge in [-0.2, -0.15) is 0 Å². The Morgan fingerprint density at radius 1 is 2.00 bits per heavy atom. The fourth-order valence-electron chi connectivity index (χ4n) is 0. The lowest BCUT2D eigenvalue weighted by Crippen LogP contribution is -1.26. The molecule has 0 rings (SSSR count). The largest absolute Gasteiger partial charge is 0.348 e. The van der Waals surface area contributed by atoms with E-state index in [-0.39, 0.29) is 0 Å². The summed E-state index contributed by atoms with van der Waals surface area (Å²) in [7, 11) is -1.37. The minimum Gasteiger partial charge on any atom is -0.0744 e. The Hall–Kier alpha value is 0.100. The van der Waals surface area contributed by atoms with Crippen molar-refractivity contribution in [1.29, 1.82) is 0 Å². The van der Waals surface area contributed by atoms with E-state index in [2.05, 4.69) is 6.66 Å². The van der Waals surface area contributed by atoms with Crippen molar-refractivity contribution in [3.8, 4) is 0 Å². The maximum atomic E-state index is 9.37. The molecule has 0 aliphatic rings. The fourth-order valence-corrected chi connectivity index (χ4v) is 0. The second-order valence-corrected chi connectivity index (χ2v) is 1.64. The van der Waals surface area contributed by atoms with Crippen LogP contribution in [0.5, 0.6) is 0 Å². The molecule has 0 spiro atoms. The Morgan fingerprint density at radius 3 is 2.00 bits per heavy atom. The van der Waals surface area contributed by atoms with Crippen LogP contribution in [-0.2, 0) is 4.57 Å². The second-order valence-electron chi connectivity index (χ2n) is 0.546. The van der Waals surface area contributed by atoms with Gasteiger partial charge in [0.1, 0.15) is 6.66 Å². The van der Waals surface area contributed by atoms with Crippen molar-refractivity contribution in [2.45, 2.75) is 0 Å². The molecule has 4 heavy (non-hydrogen) atoms. The molecule has 2 heteroatoms. The summed E-state index contributed by atoms with van der Waals surface area (Å²) >= 11 is 0. The summed E-state index contributed by atoms with van der Waals surface area (Å²) in [5.41, 5.74) is 0. The molecule has 1 atom stereocenters. The molecule has 0 bridgehead atoms. The van der Waals surface area contributed by atoms with Crippen LogP contribution >= 0.6 is 7.80 Å². The van der Waals surface area contributed by atoms with Crippen LogP contribution < -0.4 is 0 Å². The molecule has 2 radical (unpaired) electrons. The third-order valence-electron chi connectivity index (χ3n) is 0. The molecule has 0 amide bonds. The van der Waals surface area contributed by atoms with E-state index in [9.17, 15) is 4.57 Å². The van der Waals surface area contributed by atoms with Gasteiger partial charge in [0.25, 0.3) is 6.66 Å². The monoisotopic (exact) mass is 75.0 g/mol. The highest BCUT2D eigenvalue weighted by Gasteiger charge is 1.83. The van der Waals surface area contributed by atoms with E-state index >= 15 is 0 Å². The van der Waals surface area contributed by atoms with Gasteiger partial charge in [-0.3, -0.25) is 0 Å². The third-order valence-corrected chi connectivity index (χ3v) is 0. The molecule has 0 aliphatic heterocycles. The molecule has 0 fully saturated rings. The van der Waals surface area contributed by atoms with E-state index in [1.54, 1.807) is 0 Å². The smallest absolute Gasteiger partial charge is 0.0744 e. The highest BCUT2D eigenvalue weighted by Crippen LogP contribution is 2.05. The maximum Gasteiger partial charge on any atom is 0.348 e. The fraction of sp³-hybridized carbons (Fsp3) is 0.500. The van der Waals surface area contributed by atoms with Crippen molar-refractivity contribution in [1.82, 2.24) is 0 Å². The first-order chi connectivity index (χ1) is 1.73. The van der Waals surface area contributed by atoms with Crippen LogP contribution in [0, 0.1) is 6.66 Å². The molecule has 0 aromatic carbocycles. The molecule has 0 aromatic rings. The summed E-state index contributed by atoms with van der Waals surface area (Å²) in [5, 5.41) is 0. The van der Waals surface area contributed by atoms with Crippen LogP contribution in [0.3, 0.4) is 0 Å². The summed E-state index contributed by atoms with van der Waals surface area (Å²) in [5.74, 6) is 0. The highest BCUT2D eigenvalue weighted by molar-refractivity contribution is 7.45. The van der Waals surface area contributed by atoms with E-state index in [0.717, 1.165) is 0 Å². The lowest BCUT2D eigenvalue weighted by atomic mass is 11.9. The van der Waals surface area contributed by atoms with E-state index < -0.39 is 7.80 Å². The Kier molecular flexibility index (Phi) is 1.46. The van der Waals surface area contributed by atoms with E-state index in [4.69, 9.17) is 0 Å². The average Bonchev–Trinajstić information content (AvgIpc) is 0.811. The van der Waals surface area contributed by atoms with Crippen molar-refractivity contribution in [2.24, 2.45) is 0 Å². The molecule has 1 unspecified atom stereocenters. The van der Waals surface area contributed by atoms with Crippen LogP contribution in [0.1, 0.15) is 0 Å². The van der Waals surface area contributed by atoms with Gasteiger partial charge in [-0.1, -0.05) is 4.57 Å². The molecule has 0 heterocycles. The van der Waals surface area contributed by atoms with Crippen LogP contribution in [0.15, 0.2) is 0 Å². The summed E-state index contributed by atoms with van der Waals surface area (Å²) in [6.45, 7) is 6.07. The van der Waals surface area contributed by atoms with Crippen LogP contribution in [0.4, 0.5) is 0 Å². The molecule has 0 saturated carbocycles. The molecular weight excluding hydrogens is 71.0 g/mol. The number of hydrogen-bond donors (Lipinski definition) is 0. The number of rotatable bonds is 0. The summed E-state index contributed by atoms with van der Waals surface area (Å²) in [6.07, 6.45) is 0. The molecule has 0 N–H and O–H groups in total. The zero-order chi connectivity index (χ0) is 3.58. The van der Waals surface area contributed by atoms with Gasteiger partial charge in [-0.15, -0.1) is 0 Å². The zero-order valence-electron chi connectivity index (χ0n) is 2.43. The van der Waals surface area contributed by atoms with Crippen molar-refractivity contribution in [3.05, 3.63) is 6.66 Å². The van der Waals surface area contributed by atoms with Crippen molar-refractivity contribution in [2.75, 3.05) is 6.66 Å². The first kappa shape index (κ1) is 4.10. The van der Waals surface area contributed by atoms with Crippen molar-refractivity contribution in [3.63, 3.8) is 0 Å². The first-order valence-corrected chi connectivity index (χ1v) is 2.66. The van der Waals surface area contributed by atoms with Gasteiger partial charge in [-0.05, 0) is 0 Å². The Labute approximate surface area is 26.8 Å². The molecule has 0 aromatic heterocycles. The first-order valence-electron chi connectivity index (χ1n) is 0.888. The van der Waals surface area contributed by atoms with Gasteiger partial charge in [0.2, 0.25) is 0 Å². The van der Waals surface area contributed by atoms with E-state index in [1.807, 2.05) is 0 Å². The van der Waals surface area contributed by atoms with Gasteiger partial charge in [0.05, 0.1) is 0 Å². The summed E-state index contributed by atoms with van der Waals surface area (Å²) in [4.78, 5) is 0. The standard InChI is InChI=1S/C2H4OP/c1-4(2)3/h1H,2H3/q+1. The van der Waals surface area contributed by atoms with E-state index in [1.165, 1.54) is 6.66 Å². The van der Waals surface area contributed by atoms with Gasteiger partial charge < -0.3 is 0 Å². The SMILES string of the molecule is [CH][P+](C)=O. The normalized spacial score (nSPS) is 6.50. The highest BCUT2D eigenvalue weighted by atomic mass is 31.1. The maximum absolute atomic E-state index is 9.37. The molecule has 0 aliphatic carbocycles. The van der Waals surface area contributed by atoms with Crippen molar-refractivity contribution >= 4 is 7.80 Å². The average molecular weight is 75.0 g/mol. The Balaban J connectivity index is 2.80. The van der Waals surface area contributed by atoms with Gasteiger partial charge >= 0.3 is 7.80 Å². The van der Waals surface area contributed by atoms with Gasteiger partial charge in [0, 0.05) is 0 Å². The quantitative estimate of drug-likeness (QED) is 0.394. The van der Waals surface area contributed by atoms with Crippen molar-refractivity contribution < 1.29 is 4.57 Å². The summed E-state index contributed by atoms with van der Waals surface area (Å²) < 4.78 is 9.37. The minimum atomic E-state index is -1.37. The predicted molar refractivity (Wildman–Crippen MR) is 17.8 cm³/mol. The molecule has 22 valence electrons. The minimum absolute atomic E-state index is 1.37. The van der Waals surface area contributed by atoms with Crippen LogP contribution in [0.2, 0.25) is 0 Å². The number of hydrogen-bond acceptors (Lipinski definition) is 1. The Morgan fingerprint density at radius 2 is 2.00 bits per heavy atom. The van der Waals surface area contributed by atoms with Gasteiger partial charge in [0.15, 0.2) is 0 Å².